The van der Waals surface area contributed by atoms with Gasteiger partial charge in [-0.2, -0.15) is 5.26 Å². The number of rotatable bonds is 4. The third-order valence-electron chi connectivity index (χ3n) is 6.41. The van der Waals surface area contributed by atoms with Crippen LogP contribution in [0.3, 0.4) is 0 Å². The summed E-state index contributed by atoms with van der Waals surface area (Å²) in [7, 11) is 0. The standard InChI is InChI=1S/C24H25FN4O/c1-15-14-28(10-11-29(15)24(30)18-4-5-18)23-19(13-26)12-21(22(27-23)17-2-3-17)16-6-8-20(25)9-7-16/h6-9,12,15,17-18H,2-5,10-11,14H2,1H3. The normalized spacial score (nSPS) is 21.4. The minimum Gasteiger partial charge on any atom is -0.352 e. The molecule has 0 radical (unpaired) electrons. The Labute approximate surface area is 176 Å². The van der Waals surface area contributed by atoms with E-state index in [2.05, 4.69) is 17.9 Å². The molecule has 3 fully saturated rings. The highest BCUT2D eigenvalue weighted by atomic mass is 19.1. The van der Waals surface area contributed by atoms with Gasteiger partial charge in [0.05, 0.1) is 11.3 Å². The number of aromatic nitrogens is 1. The molecule has 5 nitrogen and oxygen atoms in total. The monoisotopic (exact) mass is 404 g/mol. The van der Waals surface area contributed by atoms with Gasteiger partial charge in [-0.25, -0.2) is 9.37 Å². The van der Waals surface area contributed by atoms with E-state index in [-0.39, 0.29) is 23.7 Å². The molecule has 3 aliphatic rings. The van der Waals surface area contributed by atoms with Crippen LogP contribution in [0.5, 0.6) is 0 Å². The van der Waals surface area contributed by atoms with Crippen LogP contribution in [0, 0.1) is 23.1 Å². The van der Waals surface area contributed by atoms with Gasteiger partial charge in [-0.1, -0.05) is 12.1 Å². The van der Waals surface area contributed by atoms with Gasteiger partial charge in [-0.3, -0.25) is 4.79 Å². The number of piperazine rings is 1. The highest BCUT2D eigenvalue weighted by Gasteiger charge is 2.38. The zero-order valence-electron chi connectivity index (χ0n) is 17.1. The minimum atomic E-state index is -0.274. The Hall–Kier alpha value is -2.94. The summed E-state index contributed by atoms with van der Waals surface area (Å²) in [6, 6.07) is 10.7. The van der Waals surface area contributed by atoms with Crippen LogP contribution in [0.1, 0.15) is 49.8 Å². The number of carbonyl (C=O) groups excluding carboxylic acids is 1. The molecule has 1 atom stereocenters. The van der Waals surface area contributed by atoms with E-state index in [0.717, 1.165) is 48.3 Å². The van der Waals surface area contributed by atoms with Crippen molar-refractivity contribution in [2.45, 2.75) is 44.6 Å². The van der Waals surface area contributed by atoms with Crippen LogP contribution in [0.25, 0.3) is 11.1 Å². The summed E-state index contributed by atoms with van der Waals surface area (Å²) >= 11 is 0. The van der Waals surface area contributed by atoms with Crippen molar-refractivity contribution in [3.63, 3.8) is 0 Å². The fourth-order valence-electron chi connectivity index (χ4n) is 4.41. The van der Waals surface area contributed by atoms with Gasteiger partial charge in [-0.05, 0) is 56.4 Å². The summed E-state index contributed by atoms with van der Waals surface area (Å²) in [5.41, 5.74) is 3.35. The van der Waals surface area contributed by atoms with E-state index < -0.39 is 0 Å². The molecular weight excluding hydrogens is 379 g/mol. The second-order valence-electron chi connectivity index (χ2n) is 8.79. The summed E-state index contributed by atoms with van der Waals surface area (Å²) < 4.78 is 13.4. The molecule has 154 valence electrons. The quantitative estimate of drug-likeness (QED) is 0.770. The number of hydrogen-bond donors (Lipinski definition) is 0. The van der Waals surface area contributed by atoms with Crippen molar-refractivity contribution < 1.29 is 9.18 Å². The zero-order chi connectivity index (χ0) is 20.8. The van der Waals surface area contributed by atoms with Crippen LogP contribution in [-0.2, 0) is 4.79 Å². The van der Waals surface area contributed by atoms with Gasteiger partial charge in [0.25, 0.3) is 0 Å². The van der Waals surface area contributed by atoms with Crippen molar-refractivity contribution in [3.8, 4) is 17.2 Å². The number of nitriles is 1. The smallest absolute Gasteiger partial charge is 0.226 e. The first kappa shape index (κ1) is 19.0. The molecular formula is C24H25FN4O. The Balaban J connectivity index is 1.47. The highest BCUT2D eigenvalue weighted by molar-refractivity contribution is 5.81. The molecule has 1 unspecified atom stereocenters. The Bertz CT molecular complexity index is 1020. The Morgan fingerprint density at radius 1 is 1.17 bits per heavy atom. The number of amides is 1. The number of pyridine rings is 1. The molecule has 2 aromatic rings. The van der Waals surface area contributed by atoms with Crippen molar-refractivity contribution >= 4 is 11.7 Å². The number of halogens is 1. The summed E-state index contributed by atoms with van der Waals surface area (Å²) in [6.07, 6.45) is 4.21. The number of nitrogens with zero attached hydrogens (tertiary/aromatic N) is 4. The van der Waals surface area contributed by atoms with Crippen LogP contribution < -0.4 is 4.90 Å². The number of anilines is 1. The van der Waals surface area contributed by atoms with Gasteiger partial charge >= 0.3 is 0 Å². The van der Waals surface area contributed by atoms with Crippen LogP contribution in [0.4, 0.5) is 10.2 Å². The first-order chi connectivity index (χ1) is 14.5. The lowest BCUT2D eigenvalue weighted by molar-refractivity contribution is -0.134. The molecule has 2 saturated carbocycles. The zero-order valence-corrected chi connectivity index (χ0v) is 17.1. The molecule has 2 heterocycles. The maximum Gasteiger partial charge on any atom is 0.226 e. The molecule has 6 heteroatoms. The van der Waals surface area contributed by atoms with E-state index in [1.165, 1.54) is 12.1 Å². The topological polar surface area (TPSA) is 60.2 Å². The molecule has 1 aromatic carbocycles. The first-order valence-corrected chi connectivity index (χ1v) is 10.8. The van der Waals surface area contributed by atoms with E-state index in [4.69, 9.17) is 4.98 Å². The van der Waals surface area contributed by atoms with Gasteiger partial charge in [0.2, 0.25) is 5.91 Å². The molecule has 0 N–H and O–H groups in total. The van der Waals surface area contributed by atoms with Gasteiger partial charge in [0, 0.05) is 43.1 Å². The first-order valence-electron chi connectivity index (χ1n) is 10.8. The molecule has 1 amide bonds. The molecule has 2 aliphatic carbocycles. The Morgan fingerprint density at radius 3 is 2.50 bits per heavy atom. The molecule has 0 bridgehead atoms. The Morgan fingerprint density at radius 2 is 1.90 bits per heavy atom. The van der Waals surface area contributed by atoms with E-state index in [1.54, 1.807) is 12.1 Å². The predicted molar refractivity (Wildman–Crippen MR) is 112 cm³/mol. The molecule has 1 aliphatic heterocycles. The lowest BCUT2D eigenvalue weighted by atomic mass is 9.99. The van der Waals surface area contributed by atoms with Gasteiger partial charge in [0.1, 0.15) is 17.7 Å². The summed E-state index contributed by atoms with van der Waals surface area (Å²) in [5.74, 6) is 1.34. The lowest BCUT2D eigenvalue weighted by Crippen LogP contribution is -2.54. The van der Waals surface area contributed by atoms with Crippen molar-refractivity contribution in [3.05, 3.63) is 47.4 Å². The molecule has 5 rings (SSSR count). The number of benzene rings is 1. The average Bonchev–Trinajstić information content (AvgIpc) is 3.65. The largest absolute Gasteiger partial charge is 0.352 e. The van der Waals surface area contributed by atoms with Crippen LogP contribution in [0.15, 0.2) is 30.3 Å². The van der Waals surface area contributed by atoms with Crippen molar-refractivity contribution in [1.29, 1.82) is 5.26 Å². The van der Waals surface area contributed by atoms with Crippen LogP contribution >= 0.6 is 0 Å². The third-order valence-corrected chi connectivity index (χ3v) is 6.41. The highest BCUT2D eigenvalue weighted by Crippen LogP contribution is 2.45. The maximum atomic E-state index is 13.4. The van der Waals surface area contributed by atoms with Crippen molar-refractivity contribution in [1.82, 2.24) is 9.88 Å². The van der Waals surface area contributed by atoms with E-state index in [1.807, 2.05) is 11.0 Å². The third kappa shape index (κ3) is 3.54. The summed E-state index contributed by atoms with van der Waals surface area (Å²) in [4.78, 5) is 21.7. The van der Waals surface area contributed by atoms with E-state index in [9.17, 15) is 14.4 Å². The number of hydrogen-bond acceptors (Lipinski definition) is 4. The number of carbonyl (C=O) groups is 1. The van der Waals surface area contributed by atoms with Crippen LogP contribution in [-0.4, -0.2) is 41.5 Å². The van der Waals surface area contributed by atoms with Crippen LogP contribution in [0.2, 0.25) is 0 Å². The SMILES string of the molecule is CC1CN(c2nc(C3CC3)c(-c3ccc(F)cc3)cc2C#N)CCN1C(=O)C1CC1. The average molecular weight is 404 g/mol. The van der Waals surface area contributed by atoms with Gasteiger partial charge < -0.3 is 9.80 Å². The van der Waals surface area contributed by atoms with E-state index >= 15 is 0 Å². The summed E-state index contributed by atoms with van der Waals surface area (Å²) in [6.45, 7) is 4.11. The molecule has 1 saturated heterocycles. The molecule has 30 heavy (non-hydrogen) atoms. The summed E-state index contributed by atoms with van der Waals surface area (Å²) in [5, 5.41) is 9.86. The van der Waals surface area contributed by atoms with Gasteiger partial charge in [-0.15, -0.1) is 0 Å². The maximum absolute atomic E-state index is 13.4. The van der Waals surface area contributed by atoms with Gasteiger partial charge in [0.15, 0.2) is 0 Å². The minimum absolute atomic E-state index is 0.0985. The molecule has 1 aromatic heterocycles. The fraction of sp³-hybridized carbons (Fsp3) is 0.458. The lowest BCUT2D eigenvalue weighted by Gasteiger charge is -2.41. The second-order valence-corrected chi connectivity index (χ2v) is 8.79. The fourth-order valence-corrected chi connectivity index (χ4v) is 4.41. The van der Waals surface area contributed by atoms with Crippen molar-refractivity contribution in [2.24, 2.45) is 5.92 Å². The Kier molecular flexibility index (Phi) is 4.69. The van der Waals surface area contributed by atoms with Crippen molar-refractivity contribution in [2.75, 3.05) is 24.5 Å². The molecule has 0 spiro atoms. The second kappa shape index (κ2) is 7.39. The predicted octanol–water partition coefficient (Wildman–Crippen LogP) is 4.08. The van der Waals surface area contributed by atoms with E-state index in [0.29, 0.717) is 31.1 Å².